The van der Waals surface area contributed by atoms with Crippen LogP contribution in [0.1, 0.15) is 20.3 Å². The standard InChI is InChI=1S/C8H13NO3/c1-3-12-7(10)8(2)5-4-6-9(8)11/h4,6,11H,3,5H2,1-2H3. The molecule has 0 aromatic carbocycles. The zero-order valence-corrected chi connectivity index (χ0v) is 7.28. The van der Waals surface area contributed by atoms with E-state index in [1.807, 2.05) is 0 Å². The van der Waals surface area contributed by atoms with Crippen molar-refractivity contribution in [3.05, 3.63) is 12.3 Å². The lowest BCUT2D eigenvalue weighted by molar-refractivity contribution is -0.177. The second kappa shape index (κ2) is 3.15. The fraction of sp³-hybridized carbons (Fsp3) is 0.625. The minimum Gasteiger partial charge on any atom is -0.464 e. The molecule has 0 amide bonds. The molecule has 1 aliphatic heterocycles. The number of hydrogen-bond acceptors (Lipinski definition) is 4. The van der Waals surface area contributed by atoms with E-state index in [4.69, 9.17) is 4.74 Å². The molecular weight excluding hydrogens is 158 g/mol. The van der Waals surface area contributed by atoms with Crippen LogP contribution in [0.3, 0.4) is 0 Å². The normalized spacial score (nSPS) is 27.8. The highest BCUT2D eigenvalue weighted by Gasteiger charge is 2.41. The number of ether oxygens (including phenoxy) is 1. The first-order chi connectivity index (χ1) is 5.61. The Bertz CT molecular complexity index is 214. The van der Waals surface area contributed by atoms with Gasteiger partial charge in [0.05, 0.1) is 6.61 Å². The molecule has 68 valence electrons. The summed E-state index contributed by atoms with van der Waals surface area (Å²) in [4.78, 5) is 11.3. The van der Waals surface area contributed by atoms with E-state index in [-0.39, 0.29) is 0 Å². The van der Waals surface area contributed by atoms with Crippen molar-refractivity contribution < 1.29 is 14.7 Å². The Morgan fingerprint density at radius 1 is 1.83 bits per heavy atom. The number of hydrogen-bond donors (Lipinski definition) is 1. The zero-order chi connectivity index (χ0) is 9.19. The third-order valence-electron chi connectivity index (χ3n) is 1.98. The summed E-state index contributed by atoms with van der Waals surface area (Å²) in [6.45, 7) is 3.72. The molecule has 0 aromatic rings. The van der Waals surface area contributed by atoms with Crippen molar-refractivity contribution in [1.82, 2.24) is 5.06 Å². The van der Waals surface area contributed by atoms with E-state index in [1.54, 1.807) is 19.9 Å². The molecule has 4 nitrogen and oxygen atoms in total. The molecule has 0 bridgehead atoms. The summed E-state index contributed by atoms with van der Waals surface area (Å²) in [7, 11) is 0. The third-order valence-corrected chi connectivity index (χ3v) is 1.98. The van der Waals surface area contributed by atoms with Gasteiger partial charge >= 0.3 is 5.97 Å². The predicted octanol–water partition coefficient (Wildman–Crippen LogP) is 0.917. The Morgan fingerprint density at radius 2 is 2.50 bits per heavy atom. The summed E-state index contributed by atoms with van der Waals surface area (Å²) < 4.78 is 4.82. The maximum absolute atomic E-state index is 11.3. The smallest absolute Gasteiger partial charge is 0.334 e. The van der Waals surface area contributed by atoms with Gasteiger partial charge in [0, 0.05) is 12.6 Å². The van der Waals surface area contributed by atoms with E-state index in [0.29, 0.717) is 13.0 Å². The molecule has 0 saturated carbocycles. The second-order valence-corrected chi connectivity index (χ2v) is 2.93. The highest BCUT2D eigenvalue weighted by atomic mass is 16.6. The van der Waals surface area contributed by atoms with Crippen LogP contribution in [-0.4, -0.2) is 28.4 Å². The van der Waals surface area contributed by atoms with Crippen LogP contribution in [0.15, 0.2) is 12.3 Å². The minimum atomic E-state index is -0.921. The monoisotopic (exact) mass is 171 g/mol. The van der Waals surface area contributed by atoms with Gasteiger partial charge in [0.1, 0.15) is 0 Å². The van der Waals surface area contributed by atoms with E-state index in [2.05, 4.69) is 0 Å². The van der Waals surface area contributed by atoms with Crippen molar-refractivity contribution in [2.45, 2.75) is 25.8 Å². The molecule has 0 saturated heterocycles. The first-order valence-electron chi connectivity index (χ1n) is 3.93. The molecular formula is C8H13NO3. The molecule has 1 unspecified atom stereocenters. The van der Waals surface area contributed by atoms with Gasteiger partial charge < -0.3 is 4.74 Å². The molecule has 1 aliphatic rings. The molecule has 0 aliphatic carbocycles. The van der Waals surface area contributed by atoms with Crippen LogP contribution in [0.5, 0.6) is 0 Å². The van der Waals surface area contributed by atoms with Crippen LogP contribution < -0.4 is 0 Å². The molecule has 12 heavy (non-hydrogen) atoms. The lowest BCUT2D eigenvalue weighted by Crippen LogP contribution is -2.46. The molecule has 0 aromatic heterocycles. The van der Waals surface area contributed by atoms with Gasteiger partial charge in [-0.3, -0.25) is 5.21 Å². The average molecular weight is 171 g/mol. The number of hydroxylamine groups is 2. The van der Waals surface area contributed by atoms with Gasteiger partial charge in [-0.25, -0.2) is 9.86 Å². The van der Waals surface area contributed by atoms with Gasteiger partial charge in [0.15, 0.2) is 5.54 Å². The third kappa shape index (κ3) is 1.30. The Kier molecular flexibility index (Phi) is 2.38. The Hall–Kier alpha value is -1.03. The fourth-order valence-electron chi connectivity index (χ4n) is 1.10. The van der Waals surface area contributed by atoms with Gasteiger partial charge in [-0.15, -0.1) is 0 Å². The first kappa shape index (κ1) is 9.06. The Morgan fingerprint density at radius 3 is 2.92 bits per heavy atom. The molecule has 4 heteroatoms. The summed E-state index contributed by atoms with van der Waals surface area (Å²) >= 11 is 0. The number of esters is 1. The highest BCUT2D eigenvalue weighted by Crippen LogP contribution is 2.25. The van der Waals surface area contributed by atoms with Gasteiger partial charge in [-0.2, -0.15) is 0 Å². The summed E-state index contributed by atoms with van der Waals surface area (Å²) in [6, 6.07) is 0. The van der Waals surface area contributed by atoms with Crippen molar-refractivity contribution in [3.8, 4) is 0 Å². The Balaban J connectivity index is 2.66. The van der Waals surface area contributed by atoms with E-state index < -0.39 is 11.5 Å². The summed E-state index contributed by atoms with van der Waals surface area (Å²) in [5, 5.41) is 10.2. The fourth-order valence-corrected chi connectivity index (χ4v) is 1.10. The van der Waals surface area contributed by atoms with Gasteiger partial charge in [-0.05, 0) is 13.8 Å². The highest BCUT2D eigenvalue weighted by molar-refractivity contribution is 5.81. The van der Waals surface area contributed by atoms with Crippen LogP contribution in [-0.2, 0) is 9.53 Å². The van der Waals surface area contributed by atoms with Crippen LogP contribution in [0, 0.1) is 0 Å². The van der Waals surface area contributed by atoms with E-state index in [9.17, 15) is 10.0 Å². The van der Waals surface area contributed by atoms with Gasteiger partial charge in [0.25, 0.3) is 0 Å². The Labute approximate surface area is 71.4 Å². The topological polar surface area (TPSA) is 49.8 Å². The first-order valence-corrected chi connectivity index (χ1v) is 3.93. The molecule has 1 N–H and O–H groups in total. The van der Waals surface area contributed by atoms with Crippen LogP contribution in [0.4, 0.5) is 0 Å². The predicted molar refractivity (Wildman–Crippen MR) is 42.4 cm³/mol. The van der Waals surface area contributed by atoms with E-state index in [1.165, 1.54) is 6.20 Å². The molecule has 0 fully saturated rings. The van der Waals surface area contributed by atoms with Gasteiger partial charge in [-0.1, -0.05) is 6.08 Å². The number of carbonyl (C=O) groups is 1. The largest absolute Gasteiger partial charge is 0.464 e. The molecule has 1 rings (SSSR count). The lowest BCUT2D eigenvalue weighted by atomic mass is 10.0. The van der Waals surface area contributed by atoms with Gasteiger partial charge in [0.2, 0.25) is 0 Å². The van der Waals surface area contributed by atoms with E-state index in [0.717, 1.165) is 5.06 Å². The summed E-state index contributed by atoms with van der Waals surface area (Å²) in [6.07, 6.45) is 3.69. The van der Waals surface area contributed by atoms with Crippen LogP contribution in [0.25, 0.3) is 0 Å². The van der Waals surface area contributed by atoms with Crippen molar-refractivity contribution in [2.75, 3.05) is 6.61 Å². The average Bonchev–Trinajstić information content (AvgIpc) is 2.34. The van der Waals surface area contributed by atoms with Crippen molar-refractivity contribution in [1.29, 1.82) is 0 Å². The van der Waals surface area contributed by atoms with Crippen molar-refractivity contribution >= 4 is 5.97 Å². The summed E-state index contributed by atoms with van der Waals surface area (Å²) in [5.74, 6) is -0.391. The molecule has 0 radical (unpaired) electrons. The van der Waals surface area contributed by atoms with Crippen molar-refractivity contribution in [3.63, 3.8) is 0 Å². The maximum Gasteiger partial charge on any atom is 0.334 e. The second-order valence-electron chi connectivity index (χ2n) is 2.93. The number of rotatable bonds is 2. The molecule has 1 atom stereocenters. The van der Waals surface area contributed by atoms with Crippen molar-refractivity contribution in [2.24, 2.45) is 0 Å². The molecule has 1 heterocycles. The summed E-state index contributed by atoms with van der Waals surface area (Å²) in [5.41, 5.74) is -0.921. The number of nitrogens with zero attached hydrogens (tertiary/aromatic N) is 1. The number of carbonyl (C=O) groups excluding carboxylic acids is 1. The maximum atomic E-state index is 11.3. The lowest BCUT2D eigenvalue weighted by Gasteiger charge is -2.28. The SMILES string of the molecule is CCOC(=O)C1(C)CC=CN1O. The molecule has 0 spiro atoms. The van der Waals surface area contributed by atoms with Crippen LogP contribution in [0.2, 0.25) is 0 Å². The minimum absolute atomic E-state index is 0.336. The van der Waals surface area contributed by atoms with Crippen LogP contribution >= 0.6 is 0 Å². The quantitative estimate of drug-likeness (QED) is 0.627. The van der Waals surface area contributed by atoms with E-state index >= 15 is 0 Å². The zero-order valence-electron chi connectivity index (χ0n) is 7.28.